The minimum absolute atomic E-state index is 0.321. The predicted molar refractivity (Wildman–Crippen MR) is 80.1 cm³/mol. The van der Waals surface area contributed by atoms with Crippen molar-refractivity contribution in [1.29, 1.82) is 0 Å². The zero-order valence-corrected chi connectivity index (χ0v) is 13.2. The van der Waals surface area contributed by atoms with Crippen LogP contribution in [0.5, 0.6) is 0 Å². The highest BCUT2D eigenvalue weighted by molar-refractivity contribution is 6.34. The molecule has 0 unspecified atom stereocenters. The smallest absolute Gasteiger partial charge is 0.340 e. The van der Waals surface area contributed by atoms with E-state index in [1.54, 1.807) is 6.07 Å². The molecule has 0 bridgehead atoms. The predicted octanol–water partition coefficient (Wildman–Crippen LogP) is 2.56. The van der Waals surface area contributed by atoms with Crippen LogP contribution in [0, 0.1) is 12.8 Å². The summed E-state index contributed by atoms with van der Waals surface area (Å²) in [5.74, 6) is 0.0956. The number of quaternary nitrogens is 1. The molecular weight excluding hydrogens is 274 g/mol. The van der Waals surface area contributed by atoms with Crippen LogP contribution in [-0.2, 0) is 4.74 Å². The van der Waals surface area contributed by atoms with Gasteiger partial charge >= 0.3 is 5.97 Å². The van der Waals surface area contributed by atoms with Crippen LogP contribution in [0.3, 0.4) is 0 Å². The van der Waals surface area contributed by atoms with Gasteiger partial charge in [0.15, 0.2) is 0 Å². The van der Waals surface area contributed by atoms with E-state index in [9.17, 15) is 4.79 Å². The molecule has 1 saturated heterocycles. The first-order valence-electron chi connectivity index (χ1n) is 7.22. The molecule has 0 amide bonds. The molecule has 1 heterocycles. The lowest BCUT2D eigenvalue weighted by atomic mass is 9.83. The van der Waals surface area contributed by atoms with Gasteiger partial charge in [-0.2, -0.15) is 0 Å². The Morgan fingerprint density at radius 2 is 2.00 bits per heavy atom. The molecule has 110 valence electrons. The standard InChI is InChI=1S/C16H22ClNO2/c1-11-5-4-6-13(14(11)17)15(19)20-16(2,3)12-7-9-18-10-8-12/h4-6,12,18H,7-10H2,1-3H3/p+1. The van der Waals surface area contributed by atoms with Crippen LogP contribution in [0.25, 0.3) is 0 Å². The highest BCUT2D eigenvalue weighted by Crippen LogP contribution is 2.30. The van der Waals surface area contributed by atoms with Crippen LogP contribution in [0.2, 0.25) is 5.02 Å². The molecule has 2 N–H and O–H groups in total. The summed E-state index contributed by atoms with van der Waals surface area (Å²) in [6, 6.07) is 5.45. The first-order chi connectivity index (χ1) is 9.42. The lowest BCUT2D eigenvalue weighted by Crippen LogP contribution is -2.86. The second kappa shape index (κ2) is 6.15. The molecule has 0 atom stereocenters. The Hall–Kier alpha value is -1.06. The number of carbonyl (C=O) groups is 1. The molecule has 20 heavy (non-hydrogen) atoms. The van der Waals surface area contributed by atoms with Gasteiger partial charge in [-0.05, 0) is 32.4 Å². The third-order valence-corrected chi connectivity index (χ3v) is 4.69. The summed E-state index contributed by atoms with van der Waals surface area (Å²) in [7, 11) is 0. The van der Waals surface area contributed by atoms with E-state index in [4.69, 9.17) is 16.3 Å². The van der Waals surface area contributed by atoms with E-state index in [0.717, 1.165) is 31.5 Å². The molecule has 0 spiro atoms. The van der Waals surface area contributed by atoms with Crippen molar-refractivity contribution in [1.82, 2.24) is 0 Å². The van der Waals surface area contributed by atoms with Crippen LogP contribution in [0.4, 0.5) is 0 Å². The minimum atomic E-state index is -0.446. The molecule has 0 radical (unpaired) electrons. The van der Waals surface area contributed by atoms with Gasteiger partial charge < -0.3 is 10.1 Å². The van der Waals surface area contributed by atoms with Crippen LogP contribution in [-0.4, -0.2) is 24.7 Å². The van der Waals surface area contributed by atoms with Crippen molar-refractivity contribution in [2.45, 2.75) is 39.2 Å². The number of esters is 1. The highest BCUT2D eigenvalue weighted by atomic mass is 35.5. The Morgan fingerprint density at radius 3 is 2.65 bits per heavy atom. The van der Waals surface area contributed by atoms with E-state index < -0.39 is 5.60 Å². The summed E-state index contributed by atoms with van der Waals surface area (Å²) in [5.41, 5.74) is 0.909. The third kappa shape index (κ3) is 3.33. The van der Waals surface area contributed by atoms with Gasteiger partial charge in [-0.1, -0.05) is 23.7 Å². The molecule has 2 rings (SSSR count). The van der Waals surface area contributed by atoms with Crippen LogP contribution in [0.1, 0.15) is 42.6 Å². The summed E-state index contributed by atoms with van der Waals surface area (Å²) in [5, 5.41) is 2.80. The van der Waals surface area contributed by atoms with Crippen molar-refractivity contribution in [3.8, 4) is 0 Å². The van der Waals surface area contributed by atoms with E-state index in [0.29, 0.717) is 16.5 Å². The second-order valence-corrected chi connectivity index (χ2v) is 6.45. The Kier molecular flexibility index (Phi) is 4.71. The summed E-state index contributed by atoms with van der Waals surface area (Å²) in [6.45, 7) is 8.12. The van der Waals surface area contributed by atoms with Gasteiger partial charge in [0, 0.05) is 18.8 Å². The summed E-state index contributed by atoms with van der Waals surface area (Å²) in [6.07, 6.45) is 2.17. The van der Waals surface area contributed by atoms with Gasteiger partial charge in [0.05, 0.1) is 23.7 Å². The quantitative estimate of drug-likeness (QED) is 0.871. The number of carbonyl (C=O) groups excluding carboxylic acids is 1. The molecule has 1 aromatic rings. The minimum Gasteiger partial charge on any atom is -0.456 e. The normalized spacial score (nSPS) is 17.0. The van der Waals surface area contributed by atoms with Crippen LogP contribution >= 0.6 is 11.6 Å². The molecule has 1 aromatic carbocycles. The van der Waals surface area contributed by atoms with E-state index >= 15 is 0 Å². The molecular formula is C16H23ClNO2+. The first-order valence-corrected chi connectivity index (χ1v) is 7.60. The second-order valence-electron chi connectivity index (χ2n) is 6.07. The number of hydrogen-bond donors (Lipinski definition) is 1. The van der Waals surface area contributed by atoms with E-state index in [-0.39, 0.29) is 5.97 Å². The first kappa shape index (κ1) is 15.3. The zero-order valence-electron chi connectivity index (χ0n) is 12.4. The number of ether oxygens (including phenoxy) is 1. The average Bonchev–Trinajstić information content (AvgIpc) is 2.42. The maximum atomic E-state index is 12.4. The Bertz CT molecular complexity index is 493. The van der Waals surface area contributed by atoms with Crippen molar-refractivity contribution in [2.75, 3.05) is 13.1 Å². The number of rotatable bonds is 3. The molecule has 0 aliphatic carbocycles. The maximum absolute atomic E-state index is 12.4. The Labute approximate surface area is 125 Å². The fourth-order valence-electron chi connectivity index (χ4n) is 2.80. The van der Waals surface area contributed by atoms with Crippen molar-refractivity contribution in [2.24, 2.45) is 5.92 Å². The molecule has 1 aliphatic rings. The van der Waals surface area contributed by atoms with E-state index in [2.05, 4.69) is 5.32 Å². The van der Waals surface area contributed by atoms with Crippen molar-refractivity contribution < 1.29 is 14.8 Å². The fraction of sp³-hybridized carbons (Fsp3) is 0.562. The number of hydrogen-bond acceptors (Lipinski definition) is 2. The summed E-state index contributed by atoms with van der Waals surface area (Å²) in [4.78, 5) is 12.4. The maximum Gasteiger partial charge on any atom is 0.340 e. The largest absolute Gasteiger partial charge is 0.456 e. The number of halogens is 1. The lowest BCUT2D eigenvalue weighted by Gasteiger charge is -2.35. The monoisotopic (exact) mass is 296 g/mol. The molecule has 4 heteroatoms. The highest BCUT2D eigenvalue weighted by Gasteiger charge is 2.35. The number of nitrogens with two attached hydrogens (primary N) is 1. The van der Waals surface area contributed by atoms with Gasteiger partial charge in [-0.15, -0.1) is 0 Å². The van der Waals surface area contributed by atoms with Crippen LogP contribution < -0.4 is 5.32 Å². The van der Waals surface area contributed by atoms with E-state index in [1.165, 1.54) is 0 Å². The van der Waals surface area contributed by atoms with Gasteiger partial charge in [0.25, 0.3) is 0 Å². The summed E-state index contributed by atoms with van der Waals surface area (Å²) < 4.78 is 5.76. The van der Waals surface area contributed by atoms with Gasteiger partial charge in [-0.3, -0.25) is 0 Å². The number of benzene rings is 1. The van der Waals surface area contributed by atoms with Gasteiger partial charge in [0.2, 0.25) is 0 Å². The van der Waals surface area contributed by atoms with Crippen molar-refractivity contribution in [3.05, 3.63) is 34.3 Å². The number of aryl methyl sites for hydroxylation is 1. The SMILES string of the molecule is Cc1cccc(C(=O)OC(C)(C)C2CC[NH2+]CC2)c1Cl. The van der Waals surface area contributed by atoms with Crippen molar-refractivity contribution in [3.63, 3.8) is 0 Å². The third-order valence-electron chi connectivity index (χ3n) is 4.19. The topological polar surface area (TPSA) is 42.9 Å². The van der Waals surface area contributed by atoms with Gasteiger partial charge in [0.1, 0.15) is 5.60 Å². The molecule has 0 saturated carbocycles. The lowest BCUT2D eigenvalue weighted by molar-refractivity contribution is -0.665. The zero-order chi connectivity index (χ0) is 14.8. The Balaban J connectivity index is 2.11. The fourth-order valence-corrected chi connectivity index (χ4v) is 3.01. The molecule has 0 aromatic heterocycles. The summed E-state index contributed by atoms with van der Waals surface area (Å²) >= 11 is 6.20. The number of piperidine rings is 1. The van der Waals surface area contributed by atoms with Crippen molar-refractivity contribution >= 4 is 17.6 Å². The average molecular weight is 297 g/mol. The van der Waals surface area contributed by atoms with Gasteiger partial charge in [-0.25, -0.2) is 4.79 Å². The van der Waals surface area contributed by atoms with Crippen LogP contribution in [0.15, 0.2) is 18.2 Å². The molecule has 1 aliphatic heterocycles. The molecule has 1 fully saturated rings. The Morgan fingerprint density at radius 1 is 1.35 bits per heavy atom. The van der Waals surface area contributed by atoms with E-state index in [1.807, 2.05) is 32.9 Å². The molecule has 3 nitrogen and oxygen atoms in total.